The third-order valence-corrected chi connectivity index (χ3v) is 6.78. The lowest BCUT2D eigenvalue weighted by Crippen LogP contribution is -2.37. The van der Waals surface area contributed by atoms with E-state index in [0.717, 1.165) is 31.5 Å². The second-order valence-corrected chi connectivity index (χ2v) is 8.99. The molecule has 5 nitrogen and oxygen atoms in total. The number of pyridine rings is 1. The summed E-state index contributed by atoms with van der Waals surface area (Å²) in [6.45, 7) is 1.73. The topological polar surface area (TPSA) is 59.0 Å². The molecule has 2 fully saturated rings. The van der Waals surface area contributed by atoms with E-state index in [-0.39, 0.29) is 40.9 Å². The minimum absolute atomic E-state index is 0.00469. The van der Waals surface area contributed by atoms with Gasteiger partial charge in [-0.05, 0) is 74.4 Å². The highest BCUT2D eigenvalue weighted by molar-refractivity contribution is 6.01. The first kappa shape index (κ1) is 22.4. The molecule has 2 bridgehead atoms. The second-order valence-electron chi connectivity index (χ2n) is 8.99. The number of carbonyl (C=O) groups is 1. The lowest BCUT2D eigenvalue weighted by molar-refractivity contribution is -0.137. The number of hydrogen-bond donors (Lipinski definition) is 0. The van der Waals surface area contributed by atoms with E-state index in [4.69, 9.17) is 0 Å². The van der Waals surface area contributed by atoms with Crippen LogP contribution in [0, 0.1) is 18.7 Å². The number of benzene rings is 1. The summed E-state index contributed by atoms with van der Waals surface area (Å²) in [5.74, 6) is -0.578. The van der Waals surface area contributed by atoms with Crippen molar-refractivity contribution in [3.8, 4) is 11.4 Å². The van der Waals surface area contributed by atoms with Crippen molar-refractivity contribution in [2.24, 2.45) is 5.92 Å². The molecule has 2 aliphatic heterocycles. The Kier molecular flexibility index (Phi) is 5.58. The first-order valence-corrected chi connectivity index (χ1v) is 11.1. The van der Waals surface area contributed by atoms with Crippen molar-refractivity contribution in [1.82, 2.24) is 19.9 Å². The van der Waals surface area contributed by atoms with Crippen LogP contribution in [-0.2, 0) is 12.6 Å². The van der Waals surface area contributed by atoms with Crippen molar-refractivity contribution in [1.29, 1.82) is 0 Å². The van der Waals surface area contributed by atoms with Crippen molar-refractivity contribution in [3.05, 3.63) is 77.1 Å². The molecule has 3 atom stereocenters. The summed E-state index contributed by atoms with van der Waals surface area (Å²) >= 11 is 0. The molecule has 5 rings (SSSR count). The van der Waals surface area contributed by atoms with Crippen molar-refractivity contribution in [3.63, 3.8) is 0 Å². The first-order chi connectivity index (χ1) is 16.2. The summed E-state index contributed by atoms with van der Waals surface area (Å²) in [7, 11) is 0. The maximum atomic E-state index is 15.0. The van der Waals surface area contributed by atoms with E-state index < -0.39 is 17.6 Å². The van der Waals surface area contributed by atoms with E-state index in [1.165, 1.54) is 24.5 Å². The maximum Gasteiger partial charge on any atom is 0.417 e. The minimum atomic E-state index is -4.43. The van der Waals surface area contributed by atoms with Crippen molar-refractivity contribution >= 4 is 5.91 Å². The monoisotopic (exact) mass is 470 g/mol. The van der Waals surface area contributed by atoms with Crippen LogP contribution >= 0.6 is 0 Å². The van der Waals surface area contributed by atoms with Crippen LogP contribution in [0.25, 0.3) is 11.4 Å². The number of rotatable bonds is 4. The number of aromatic nitrogens is 3. The van der Waals surface area contributed by atoms with Gasteiger partial charge in [0.25, 0.3) is 5.91 Å². The van der Waals surface area contributed by atoms with Crippen LogP contribution in [-0.4, -0.2) is 37.8 Å². The zero-order valence-corrected chi connectivity index (χ0v) is 18.4. The average molecular weight is 470 g/mol. The Balaban J connectivity index is 1.41. The highest BCUT2D eigenvalue weighted by Gasteiger charge is 2.49. The quantitative estimate of drug-likeness (QED) is 0.490. The predicted octanol–water partition coefficient (Wildman–Crippen LogP) is 5.24. The summed E-state index contributed by atoms with van der Waals surface area (Å²) in [5.41, 5.74) is 0.728. The Bertz CT molecular complexity index is 1210. The number of fused-ring (bicyclic) bond motifs is 2. The molecule has 2 aliphatic rings. The van der Waals surface area contributed by atoms with Gasteiger partial charge in [-0.15, -0.1) is 0 Å². The normalized spacial score (nSPS) is 21.8. The van der Waals surface area contributed by atoms with E-state index in [1.54, 1.807) is 19.1 Å². The van der Waals surface area contributed by atoms with Crippen LogP contribution in [0.3, 0.4) is 0 Å². The highest BCUT2D eigenvalue weighted by Crippen LogP contribution is 2.44. The predicted molar refractivity (Wildman–Crippen MR) is 116 cm³/mol. The van der Waals surface area contributed by atoms with E-state index >= 15 is 0 Å². The van der Waals surface area contributed by atoms with Gasteiger partial charge in [0, 0.05) is 36.4 Å². The van der Waals surface area contributed by atoms with E-state index in [1.807, 2.05) is 4.90 Å². The van der Waals surface area contributed by atoms with Gasteiger partial charge in [-0.2, -0.15) is 13.2 Å². The summed E-state index contributed by atoms with van der Waals surface area (Å²) in [6, 6.07) is 7.03. The van der Waals surface area contributed by atoms with Crippen LogP contribution in [0.4, 0.5) is 17.6 Å². The van der Waals surface area contributed by atoms with Crippen molar-refractivity contribution < 1.29 is 22.4 Å². The lowest BCUT2D eigenvalue weighted by Gasteiger charge is -2.25. The number of hydrogen-bond acceptors (Lipinski definition) is 4. The minimum Gasteiger partial charge on any atom is -0.332 e. The lowest BCUT2D eigenvalue weighted by atomic mass is 9.86. The van der Waals surface area contributed by atoms with Crippen LogP contribution in [0.5, 0.6) is 0 Å². The van der Waals surface area contributed by atoms with Crippen molar-refractivity contribution in [2.45, 2.75) is 50.9 Å². The number of alkyl halides is 3. The van der Waals surface area contributed by atoms with Gasteiger partial charge in [0.05, 0.1) is 16.7 Å². The van der Waals surface area contributed by atoms with Gasteiger partial charge in [0.1, 0.15) is 5.82 Å². The fourth-order valence-corrected chi connectivity index (χ4v) is 5.34. The first-order valence-electron chi connectivity index (χ1n) is 11.1. The molecule has 2 aromatic heterocycles. The van der Waals surface area contributed by atoms with E-state index in [2.05, 4.69) is 15.0 Å². The molecule has 3 aromatic rings. The molecule has 176 valence electrons. The fourth-order valence-electron chi connectivity index (χ4n) is 5.34. The highest BCUT2D eigenvalue weighted by atomic mass is 19.4. The molecule has 3 unspecified atom stereocenters. The van der Waals surface area contributed by atoms with E-state index in [9.17, 15) is 22.4 Å². The SMILES string of the molecule is Cc1cc(F)c(-c2ncccn2)c(C(=O)N2C3CCC2C(Cc2ccc(C(F)(F)F)cn2)C3)c1. The zero-order valence-electron chi connectivity index (χ0n) is 18.4. The van der Waals surface area contributed by atoms with Gasteiger partial charge >= 0.3 is 6.18 Å². The van der Waals surface area contributed by atoms with Crippen LogP contribution in [0.2, 0.25) is 0 Å². The molecular formula is C25H22F4N4O. The van der Waals surface area contributed by atoms with Gasteiger partial charge in [-0.3, -0.25) is 9.78 Å². The smallest absolute Gasteiger partial charge is 0.332 e. The molecule has 1 aromatic carbocycles. The number of aryl methyl sites for hydroxylation is 1. The molecule has 0 aliphatic carbocycles. The molecule has 9 heteroatoms. The molecule has 1 amide bonds. The Morgan fingerprint density at radius 1 is 1.12 bits per heavy atom. The second kappa shape index (κ2) is 8.45. The van der Waals surface area contributed by atoms with E-state index in [0.29, 0.717) is 17.7 Å². The van der Waals surface area contributed by atoms with Gasteiger partial charge < -0.3 is 4.90 Å². The molecule has 34 heavy (non-hydrogen) atoms. The average Bonchev–Trinajstić information content (AvgIpc) is 3.36. The number of carbonyl (C=O) groups excluding carboxylic acids is 1. The third kappa shape index (κ3) is 4.03. The number of nitrogens with zero attached hydrogens (tertiary/aromatic N) is 4. The molecule has 2 saturated heterocycles. The Hall–Kier alpha value is -3.36. The van der Waals surface area contributed by atoms with Gasteiger partial charge in [0.2, 0.25) is 0 Å². The largest absolute Gasteiger partial charge is 0.417 e. The Morgan fingerprint density at radius 3 is 2.56 bits per heavy atom. The fraction of sp³-hybridized carbons (Fsp3) is 0.360. The molecule has 0 spiro atoms. The maximum absolute atomic E-state index is 15.0. The van der Waals surface area contributed by atoms with Crippen molar-refractivity contribution in [2.75, 3.05) is 0 Å². The Labute approximate surface area is 193 Å². The van der Waals surface area contributed by atoms with Crippen LogP contribution in [0.1, 0.15) is 46.4 Å². The molecule has 0 saturated carbocycles. The molecular weight excluding hydrogens is 448 g/mol. The third-order valence-electron chi connectivity index (χ3n) is 6.78. The zero-order chi connectivity index (χ0) is 24.0. The number of amides is 1. The summed E-state index contributed by atoms with van der Waals surface area (Å²) in [6.07, 6.45) is 2.30. The number of halogens is 4. The molecule has 0 radical (unpaired) electrons. The van der Waals surface area contributed by atoms with Gasteiger partial charge in [0.15, 0.2) is 5.82 Å². The molecule has 0 N–H and O–H groups in total. The Morgan fingerprint density at radius 2 is 1.88 bits per heavy atom. The molecule has 4 heterocycles. The van der Waals surface area contributed by atoms with Gasteiger partial charge in [-0.1, -0.05) is 0 Å². The standard InChI is InChI=1S/C25H22F4N4O/c1-14-9-19(22(20(26)10-14)23-30-7-2-8-31-23)24(34)33-18-5-6-21(33)15(12-18)11-17-4-3-16(13-32-17)25(27,28)29/h2-4,7-10,13,15,18,21H,5-6,11-12H2,1H3. The summed E-state index contributed by atoms with van der Waals surface area (Å²) in [5, 5.41) is 0. The van der Waals surface area contributed by atoms with Gasteiger partial charge in [-0.25, -0.2) is 14.4 Å². The van der Waals surface area contributed by atoms with Crippen LogP contribution < -0.4 is 0 Å². The van der Waals surface area contributed by atoms with Crippen LogP contribution in [0.15, 0.2) is 48.9 Å². The summed E-state index contributed by atoms with van der Waals surface area (Å²) < 4.78 is 53.5. The summed E-state index contributed by atoms with van der Waals surface area (Å²) in [4.78, 5) is 27.9.